The molecule has 0 aliphatic rings. The third-order valence-electron chi connectivity index (χ3n) is 3.12. The first-order valence-corrected chi connectivity index (χ1v) is 8.14. The minimum Gasteiger partial charge on any atom is -0.491 e. The molecule has 1 aromatic heterocycles. The zero-order valence-electron chi connectivity index (χ0n) is 13.4. The molecule has 6 nitrogen and oxygen atoms in total. The van der Waals surface area contributed by atoms with Gasteiger partial charge in [0.05, 0.1) is 6.54 Å². The summed E-state index contributed by atoms with van der Waals surface area (Å²) in [6.45, 7) is 4.25. The largest absolute Gasteiger partial charge is 0.491 e. The van der Waals surface area contributed by atoms with Crippen molar-refractivity contribution in [3.63, 3.8) is 0 Å². The molecular weight excluding hydrogens is 378 g/mol. The minimum absolute atomic E-state index is 0.0351. The Labute approximate surface area is 148 Å². The van der Waals surface area contributed by atoms with E-state index in [1.165, 1.54) is 11.6 Å². The lowest BCUT2D eigenvalue weighted by molar-refractivity contribution is -0.124. The number of esters is 1. The van der Waals surface area contributed by atoms with Crippen LogP contribution in [0.1, 0.15) is 21.7 Å². The van der Waals surface area contributed by atoms with Gasteiger partial charge in [-0.2, -0.15) is 0 Å². The Bertz CT molecular complexity index is 726. The van der Waals surface area contributed by atoms with Gasteiger partial charge in [-0.1, -0.05) is 17.7 Å². The maximum Gasteiger partial charge on any atom is 0.374 e. The van der Waals surface area contributed by atoms with Gasteiger partial charge in [0, 0.05) is 0 Å². The average Bonchev–Trinajstić information content (AvgIpc) is 2.97. The number of ether oxygens (including phenoxy) is 2. The lowest BCUT2D eigenvalue weighted by Crippen LogP contribution is -2.32. The Morgan fingerprint density at radius 3 is 2.67 bits per heavy atom. The van der Waals surface area contributed by atoms with Crippen LogP contribution in [0.15, 0.2) is 39.4 Å². The highest BCUT2D eigenvalue weighted by molar-refractivity contribution is 9.10. The Hall–Kier alpha value is -2.28. The fourth-order valence-electron chi connectivity index (χ4n) is 1.99. The lowest BCUT2D eigenvalue weighted by Gasteiger charge is -2.10. The molecule has 1 amide bonds. The summed E-state index contributed by atoms with van der Waals surface area (Å²) < 4.78 is 15.9. The molecule has 0 unspecified atom stereocenters. The quantitative estimate of drug-likeness (QED) is 0.575. The molecule has 24 heavy (non-hydrogen) atoms. The standard InChI is InChI=1S/C17H18BrNO5/c1-11-3-4-13(12(2)9-11)22-8-7-19-16(20)10-23-17(21)14-5-6-15(18)24-14/h3-6,9H,7-8,10H2,1-2H3,(H,19,20). The van der Waals surface area contributed by atoms with Crippen molar-refractivity contribution in [2.24, 2.45) is 0 Å². The van der Waals surface area contributed by atoms with E-state index in [0.29, 0.717) is 17.8 Å². The van der Waals surface area contributed by atoms with Crippen molar-refractivity contribution in [2.45, 2.75) is 13.8 Å². The van der Waals surface area contributed by atoms with E-state index in [4.69, 9.17) is 13.9 Å². The van der Waals surface area contributed by atoms with Gasteiger partial charge in [-0.05, 0) is 53.5 Å². The van der Waals surface area contributed by atoms with Gasteiger partial charge in [-0.3, -0.25) is 4.79 Å². The van der Waals surface area contributed by atoms with E-state index in [0.717, 1.165) is 11.3 Å². The Kier molecular flexibility index (Phi) is 6.43. The van der Waals surface area contributed by atoms with E-state index in [1.807, 2.05) is 32.0 Å². The number of benzene rings is 1. The molecule has 0 saturated carbocycles. The van der Waals surface area contributed by atoms with Gasteiger partial charge >= 0.3 is 5.97 Å². The van der Waals surface area contributed by atoms with Crippen molar-refractivity contribution in [1.82, 2.24) is 5.32 Å². The van der Waals surface area contributed by atoms with Crippen LogP contribution in [0.25, 0.3) is 0 Å². The first-order valence-electron chi connectivity index (χ1n) is 7.35. The molecule has 0 atom stereocenters. The number of hydrogen-bond donors (Lipinski definition) is 1. The van der Waals surface area contributed by atoms with E-state index in [9.17, 15) is 9.59 Å². The summed E-state index contributed by atoms with van der Waals surface area (Å²) in [6, 6.07) is 8.92. The van der Waals surface area contributed by atoms with E-state index >= 15 is 0 Å². The molecule has 0 spiro atoms. The van der Waals surface area contributed by atoms with Gasteiger partial charge in [-0.25, -0.2) is 4.79 Å². The Morgan fingerprint density at radius 2 is 2.00 bits per heavy atom. The second-order valence-corrected chi connectivity index (χ2v) is 5.93. The summed E-state index contributed by atoms with van der Waals surface area (Å²) in [6.07, 6.45) is 0. The minimum atomic E-state index is -0.692. The molecule has 0 saturated heterocycles. The van der Waals surface area contributed by atoms with Crippen LogP contribution in [-0.2, 0) is 9.53 Å². The molecule has 7 heteroatoms. The highest BCUT2D eigenvalue weighted by atomic mass is 79.9. The molecular formula is C17H18BrNO5. The van der Waals surface area contributed by atoms with Crippen LogP contribution < -0.4 is 10.1 Å². The van der Waals surface area contributed by atoms with Gasteiger partial charge in [-0.15, -0.1) is 0 Å². The van der Waals surface area contributed by atoms with E-state index in [-0.39, 0.29) is 12.4 Å². The first-order chi connectivity index (χ1) is 11.5. The van der Waals surface area contributed by atoms with Crippen molar-refractivity contribution in [1.29, 1.82) is 0 Å². The number of amides is 1. The number of carbonyl (C=O) groups is 2. The van der Waals surface area contributed by atoms with Crippen LogP contribution >= 0.6 is 15.9 Å². The number of nitrogens with one attached hydrogen (secondary N) is 1. The summed E-state index contributed by atoms with van der Waals surface area (Å²) in [7, 11) is 0. The van der Waals surface area contributed by atoms with Gasteiger partial charge in [0.2, 0.25) is 5.76 Å². The van der Waals surface area contributed by atoms with Gasteiger partial charge in [0.15, 0.2) is 11.3 Å². The maximum atomic E-state index is 11.6. The molecule has 1 heterocycles. The first kappa shape index (κ1) is 18.1. The molecule has 0 aliphatic heterocycles. The number of hydrogen-bond acceptors (Lipinski definition) is 5. The number of halogens is 1. The predicted molar refractivity (Wildman–Crippen MR) is 91.1 cm³/mol. The summed E-state index contributed by atoms with van der Waals surface area (Å²) >= 11 is 3.08. The van der Waals surface area contributed by atoms with E-state index in [2.05, 4.69) is 21.2 Å². The normalized spacial score (nSPS) is 10.3. The van der Waals surface area contributed by atoms with Crippen LogP contribution in [0, 0.1) is 13.8 Å². The number of rotatable bonds is 7. The summed E-state index contributed by atoms with van der Waals surface area (Å²) in [5, 5.41) is 2.61. The summed E-state index contributed by atoms with van der Waals surface area (Å²) in [5.74, 6) is -0.280. The fourth-order valence-corrected chi connectivity index (χ4v) is 2.30. The molecule has 1 aromatic carbocycles. The summed E-state index contributed by atoms with van der Waals surface area (Å²) in [4.78, 5) is 23.2. The number of carbonyl (C=O) groups excluding carboxylic acids is 2. The Morgan fingerprint density at radius 1 is 1.21 bits per heavy atom. The highest BCUT2D eigenvalue weighted by Gasteiger charge is 2.13. The molecule has 128 valence electrons. The molecule has 0 radical (unpaired) electrons. The third kappa shape index (κ3) is 5.42. The monoisotopic (exact) mass is 395 g/mol. The van der Waals surface area contributed by atoms with Crippen LogP contribution in [0.4, 0.5) is 0 Å². The topological polar surface area (TPSA) is 77.8 Å². The maximum absolute atomic E-state index is 11.6. The van der Waals surface area contributed by atoms with Gasteiger partial charge in [0.25, 0.3) is 5.91 Å². The van der Waals surface area contributed by atoms with Crippen LogP contribution in [0.3, 0.4) is 0 Å². The highest BCUT2D eigenvalue weighted by Crippen LogP contribution is 2.18. The zero-order valence-corrected chi connectivity index (χ0v) is 15.0. The SMILES string of the molecule is Cc1ccc(OCCNC(=O)COC(=O)c2ccc(Br)o2)c(C)c1. The van der Waals surface area contributed by atoms with Gasteiger partial charge in [0.1, 0.15) is 12.4 Å². The zero-order chi connectivity index (χ0) is 17.5. The van der Waals surface area contributed by atoms with E-state index in [1.54, 1.807) is 6.07 Å². The van der Waals surface area contributed by atoms with Crippen molar-refractivity contribution < 1.29 is 23.5 Å². The third-order valence-corrected chi connectivity index (χ3v) is 3.55. The average molecular weight is 396 g/mol. The van der Waals surface area contributed by atoms with Crippen molar-refractivity contribution in [3.8, 4) is 5.75 Å². The second kappa shape index (κ2) is 8.54. The lowest BCUT2D eigenvalue weighted by atomic mass is 10.1. The van der Waals surface area contributed by atoms with E-state index < -0.39 is 11.9 Å². The van der Waals surface area contributed by atoms with Crippen molar-refractivity contribution in [2.75, 3.05) is 19.8 Å². The van der Waals surface area contributed by atoms with Crippen molar-refractivity contribution >= 4 is 27.8 Å². The molecule has 2 rings (SSSR count). The fraction of sp³-hybridized carbons (Fsp3) is 0.294. The Balaban J connectivity index is 1.65. The van der Waals surface area contributed by atoms with Crippen LogP contribution in [0.2, 0.25) is 0 Å². The number of furan rings is 1. The molecule has 1 N–H and O–H groups in total. The predicted octanol–water partition coefficient (Wildman–Crippen LogP) is 3.01. The molecule has 0 aliphatic carbocycles. The second-order valence-electron chi connectivity index (χ2n) is 5.15. The van der Waals surface area contributed by atoms with Crippen LogP contribution in [0.5, 0.6) is 5.75 Å². The van der Waals surface area contributed by atoms with Gasteiger partial charge < -0.3 is 19.2 Å². The summed E-state index contributed by atoms with van der Waals surface area (Å²) in [5.41, 5.74) is 2.21. The number of aryl methyl sites for hydroxylation is 2. The van der Waals surface area contributed by atoms with Crippen molar-refractivity contribution in [3.05, 3.63) is 51.9 Å². The molecule has 2 aromatic rings. The van der Waals surface area contributed by atoms with Crippen LogP contribution in [-0.4, -0.2) is 31.6 Å². The smallest absolute Gasteiger partial charge is 0.374 e. The molecule has 0 bridgehead atoms. The molecule has 0 fully saturated rings.